The lowest BCUT2D eigenvalue weighted by molar-refractivity contribution is 0.0218. The Kier molecular flexibility index (Phi) is 2.50. The maximum absolute atomic E-state index is 5.69. The fourth-order valence-electron chi connectivity index (χ4n) is 2.42. The zero-order valence-electron chi connectivity index (χ0n) is 8.41. The molecule has 4 N–H and O–H groups in total. The maximum Gasteiger partial charge on any atom is 0.213 e. The fourth-order valence-corrected chi connectivity index (χ4v) is 2.42. The molecular weight excluding hydrogens is 180 g/mol. The molecule has 0 aromatic rings. The van der Waals surface area contributed by atoms with E-state index >= 15 is 0 Å². The monoisotopic (exact) mass is 198 g/mol. The van der Waals surface area contributed by atoms with Crippen molar-refractivity contribution in [2.24, 2.45) is 22.1 Å². The summed E-state index contributed by atoms with van der Waals surface area (Å²) in [6.45, 7) is 3.73. The number of rotatable bonds is 0. The van der Waals surface area contributed by atoms with Gasteiger partial charge in [0.15, 0.2) is 0 Å². The number of hydrogen-bond acceptors (Lipinski definition) is 3. The highest BCUT2D eigenvalue weighted by atomic mass is 16.5. The maximum atomic E-state index is 5.69. The fraction of sp³-hybridized carbons (Fsp3) is 0.889. The molecule has 0 saturated carbocycles. The molecule has 2 fully saturated rings. The van der Waals surface area contributed by atoms with Gasteiger partial charge in [0.05, 0.1) is 0 Å². The van der Waals surface area contributed by atoms with E-state index in [1.54, 1.807) is 0 Å². The molecule has 0 aliphatic carbocycles. The average molecular weight is 198 g/mol. The Hall–Kier alpha value is -0.970. The van der Waals surface area contributed by atoms with Crippen molar-refractivity contribution in [1.29, 1.82) is 0 Å². The average Bonchev–Trinajstić information content (AvgIpc) is 2.62. The summed E-state index contributed by atoms with van der Waals surface area (Å²) in [5, 5.41) is 3.54. The van der Waals surface area contributed by atoms with E-state index in [1.165, 1.54) is 6.42 Å². The highest BCUT2D eigenvalue weighted by Crippen LogP contribution is 2.39. The van der Waals surface area contributed by atoms with Crippen LogP contribution in [0.4, 0.5) is 0 Å². The Morgan fingerprint density at radius 1 is 1.29 bits per heavy atom. The zero-order chi connectivity index (χ0) is 10.0. The van der Waals surface area contributed by atoms with E-state index in [0.29, 0.717) is 11.4 Å². The van der Waals surface area contributed by atoms with E-state index in [-0.39, 0.29) is 0 Å². The predicted molar refractivity (Wildman–Crippen MR) is 54.5 cm³/mol. The molecule has 0 unspecified atom stereocenters. The summed E-state index contributed by atoms with van der Waals surface area (Å²) in [5.41, 5.74) is 6.10. The van der Waals surface area contributed by atoms with Crippen molar-refractivity contribution in [1.82, 2.24) is 4.90 Å². The molecule has 1 spiro atoms. The van der Waals surface area contributed by atoms with E-state index < -0.39 is 0 Å². The first-order valence-corrected chi connectivity index (χ1v) is 5.12. The summed E-state index contributed by atoms with van der Waals surface area (Å²) in [6.07, 6.45) is 3.47. The Bertz CT molecular complexity index is 235. The quantitative estimate of drug-likeness (QED) is 0.242. The van der Waals surface area contributed by atoms with Crippen molar-refractivity contribution in [3.8, 4) is 0 Å². The molecule has 14 heavy (non-hydrogen) atoms. The second-order valence-electron chi connectivity index (χ2n) is 4.27. The van der Waals surface area contributed by atoms with Crippen molar-refractivity contribution in [3.63, 3.8) is 0 Å². The van der Waals surface area contributed by atoms with Gasteiger partial charge in [-0.25, -0.2) is 0 Å². The lowest BCUT2D eigenvalue weighted by Crippen LogP contribution is -2.39. The van der Waals surface area contributed by atoms with E-state index in [9.17, 15) is 0 Å². The molecule has 5 nitrogen and oxygen atoms in total. The minimum Gasteiger partial charge on any atom is -0.381 e. The number of hydrazone groups is 1. The lowest BCUT2D eigenvalue weighted by Gasteiger charge is -2.33. The van der Waals surface area contributed by atoms with Gasteiger partial charge < -0.3 is 21.2 Å². The summed E-state index contributed by atoms with van der Waals surface area (Å²) in [4.78, 5) is 2.07. The van der Waals surface area contributed by atoms with E-state index in [2.05, 4.69) is 10.0 Å². The Labute approximate surface area is 84.1 Å². The number of likely N-dealkylation sites (tertiary alicyclic amines) is 1. The summed E-state index contributed by atoms with van der Waals surface area (Å²) >= 11 is 0. The van der Waals surface area contributed by atoms with Crippen LogP contribution in [0.3, 0.4) is 0 Å². The number of ether oxygens (including phenoxy) is 1. The first-order chi connectivity index (χ1) is 6.76. The van der Waals surface area contributed by atoms with Crippen LogP contribution in [0.15, 0.2) is 5.10 Å². The molecule has 2 saturated heterocycles. The molecule has 80 valence electrons. The molecule has 0 radical (unpaired) electrons. The van der Waals surface area contributed by atoms with Crippen LogP contribution in [0.25, 0.3) is 0 Å². The zero-order valence-corrected chi connectivity index (χ0v) is 8.41. The van der Waals surface area contributed by atoms with Crippen molar-refractivity contribution in [3.05, 3.63) is 0 Å². The molecule has 2 heterocycles. The topological polar surface area (TPSA) is 76.9 Å². The molecule has 2 aliphatic heterocycles. The second-order valence-corrected chi connectivity index (χ2v) is 4.27. The minimum atomic E-state index is 0.410. The molecule has 0 aromatic carbocycles. The van der Waals surface area contributed by atoms with Crippen LogP contribution in [0.5, 0.6) is 0 Å². The normalized spacial score (nSPS) is 27.1. The summed E-state index contributed by atoms with van der Waals surface area (Å²) in [6, 6.07) is 0. The van der Waals surface area contributed by atoms with Gasteiger partial charge in [0.2, 0.25) is 5.96 Å². The summed E-state index contributed by atoms with van der Waals surface area (Å²) in [5.74, 6) is 5.63. The predicted octanol–water partition coefficient (Wildman–Crippen LogP) is -0.323. The van der Waals surface area contributed by atoms with E-state index in [1.807, 2.05) is 0 Å². The number of nitrogens with two attached hydrogens (primary N) is 2. The van der Waals surface area contributed by atoms with Gasteiger partial charge in [-0.2, -0.15) is 0 Å². The van der Waals surface area contributed by atoms with Gasteiger partial charge in [0.1, 0.15) is 0 Å². The molecule has 2 rings (SSSR count). The molecule has 2 aliphatic rings. The largest absolute Gasteiger partial charge is 0.381 e. The van der Waals surface area contributed by atoms with Crippen molar-refractivity contribution >= 4 is 5.96 Å². The smallest absolute Gasteiger partial charge is 0.213 e. The van der Waals surface area contributed by atoms with Crippen molar-refractivity contribution in [2.45, 2.75) is 19.3 Å². The van der Waals surface area contributed by atoms with Gasteiger partial charge in [-0.15, -0.1) is 5.10 Å². The lowest BCUT2D eigenvalue weighted by atomic mass is 9.80. The summed E-state index contributed by atoms with van der Waals surface area (Å²) < 4.78 is 5.37. The Balaban J connectivity index is 1.99. The highest BCUT2D eigenvalue weighted by molar-refractivity contribution is 5.78. The van der Waals surface area contributed by atoms with Gasteiger partial charge >= 0.3 is 0 Å². The summed E-state index contributed by atoms with van der Waals surface area (Å²) in [7, 11) is 0. The molecule has 0 atom stereocenters. The van der Waals surface area contributed by atoms with Crippen LogP contribution in [0.1, 0.15) is 19.3 Å². The van der Waals surface area contributed by atoms with Crippen molar-refractivity contribution < 1.29 is 4.74 Å². The Morgan fingerprint density at radius 2 is 2.00 bits per heavy atom. The third kappa shape index (κ3) is 1.64. The number of nitrogens with zero attached hydrogens (tertiary/aromatic N) is 2. The third-order valence-electron chi connectivity index (χ3n) is 3.45. The third-order valence-corrected chi connectivity index (χ3v) is 3.45. The number of guanidine groups is 1. The van der Waals surface area contributed by atoms with Crippen molar-refractivity contribution in [2.75, 3.05) is 26.3 Å². The van der Waals surface area contributed by atoms with Crippen LogP contribution in [-0.4, -0.2) is 37.2 Å². The van der Waals surface area contributed by atoms with Crippen LogP contribution in [-0.2, 0) is 4.74 Å². The molecule has 0 aromatic heterocycles. The van der Waals surface area contributed by atoms with Gasteiger partial charge in [-0.3, -0.25) is 0 Å². The molecule has 5 heteroatoms. The van der Waals surface area contributed by atoms with Crippen LogP contribution in [0, 0.1) is 5.41 Å². The number of hydrogen-bond donors (Lipinski definition) is 2. The van der Waals surface area contributed by atoms with E-state index in [0.717, 1.165) is 39.1 Å². The minimum absolute atomic E-state index is 0.410. The molecule has 0 amide bonds. The molecular formula is C9H18N4O. The SMILES string of the molecule is N/N=C(\N)N1CCC2(CCOCC2)C1. The van der Waals surface area contributed by atoms with Gasteiger partial charge in [-0.1, -0.05) is 0 Å². The highest BCUT2D eigenvalue weighted by Gasteiger charge is 2.39. The first-order valence-electron chi connectivity index (χ1n) is 5.12. The van der Waals surface area contributed by atoms with Crippen LogP contribution >= 0.6 is 0 Å². The van der Waals surface area contributed by atoms with E-state index in [4.69, 9.17) is 16.3 Å². The van der Waals surface area contributed by atoms with Gasteiger partial charge in [-0.05, 0) is 24.7 Å². The second kappa shape index (κ2) is 3.65. The molecule has 0 bridgehead atoms. The standard InChI is InChI=1S/C9H18N4O/c10-8(12-11)13-4-1-9(7-13)2-5-14-6-3-9/h1-7,11H2,(H2,10,12). The van der Waals surface area contributed by atoms with Gasteiger partial charge in [0.25, 0.3) is 0 Å². The van der Waals surface area contributed by atoms with Gasteiger partial charge in [0, 0.05) is 26.3 Å². The van der Waals surface area contributed by atoms with Crippen LogP contribution < -0.4 is 11.6 Å². The van der Waals surface area contributed by atoms with Crippen LogP contribution in [0.2, 0.25) is 0 Å². The first kappa shape index (κ1) is 9.58. The Morgan fingerprint density at radius 3 is 2.64 bits per heavy atom.